The molecule has 4 rings (SSSR count). The first kappa shape index (κ1) is 22.7. The van der Waals surface area contributed by atoms with Gasteiger partial charge in [-0.1, -0.05) is 53.2 Å². The van der Waals surface area contributed by atoms with Crippen molar-refractivity contribution >= 4 is 39.9 Å². The van der Waals surface area contributed by atoms with Gasteiger partial charge in [0.1, 0.15) is 0 Å². The van der Waals surface area contributed by atoms with Crippen LogP contribution in [-0.2, 0) is 11.2 Å². The number of rotatable bonds is 8. The fraction of sp³-hybridized carbons (Fsp3) is 0.167. The van der Waals surface area contributed by atoms with Crippen molar-refractivity contribution in [3.8, 4) is 22.6 Å². The standard InChI is InChI=1S/C24H21ClN4O3S/c1-15(30)26-11-3-4-16-7-9-17(10-8-16)21-14-33-24(27-21)28-23(31)20-13-22(32-29-20)18-5-2-6-19(25)12-18/h2,5-10,12-14H,3-4,11H2,1H3,(H,26,30)(H,27,28,31). The van der Waals surface area contributed by atoms with E-state index in [4.69, 9.17) is 16.1 Å². The number of carbonyl (C=O) groups excluding carboxylic acids is 2. The van der Waals surface area contributed by atoms with Gasteiger partial charge >= 0.3 is 0 Å². The van der Waals surface area contributed by atoms with Gasteiger partial charge in [0.05, 0.1) is 5.69 Å². The molecule has 7 nitrogen and oxygen atoms in total. The Hall–Kier alpha value is -3.49. The van der Waals surface area contributed by atoms with Crippen molar-refractivity contribution in [3.63, 3.8) is 0 Å². The van der Waals surface area contributed by atoms with E-state index in [0.717, 1.165) is 29.7 Å². The molecule has 2 aromatic heterocycles. The number of nitrogens with zero attached hydrogens (tertiary/aromatic N) is 2. The molecule has 168 valence electrons. The van der Waals surface area contributed by atoms with Gasteiger partial charge in [-0.05, 0) is 30.5 Å². The van der Waals surface area contributed by atoms with Gasteiger partial charge in [0.15, 0.2) is 16.6 Å². The van der Waals surface area contributed by atoms with E-state index < -0.39 is 5.91 Å². The summed E-state index contributed by atoms with van der Waals surface area (Å²) in [5, 5.41) is 12.4. The minimum Gasteiger partial charge on any atom is -0.356 e. The summed E-state index contributed by atoms with van der Waals surface area (Å²) in [6.45, 7) is 2.18. The summed E-state index contributed by atoms with van der Waals surface area (Å²) in [5.74, 6) is 0.0453. The molecule has 0 radical (unpaired) electrons. The first-order chi connectivity index (χ1) is 16.0. The summed E-state index contributed by atoms with van der Waals surface area (Å²) in [6, 6.07) is 16.8. The van der Waals surface area contributed by atoms with Crippen LogP contribution in [0.15, 0.2) is 64.5 Å². The highest BCUT2D eigenvalue weighted by Crippen LogP contribution is 2.27. The van der Waals surface area contributed by atoms with Crippen molar-refractivity contribution in [2.45, 2.75) is 19.8 Å². The van der Waals surface area contributed by atoms with Crippen LogP contribution in [0.25, 0.3) is 22.6 Å². The maximum absolute atomic E-state index is 12.6. The number of nitrogens with one attached hydrogen (secondary N) is 2. The highest BCUT2D eigenvalue weighted by Gasteiger charge is 2.16. The quantitative estimate of drug-likeness (QED) is 0.327. The van der Waals surface area contributed by atoms with Crippen LogP contribution < -0.4 is 10.6 Å². The first-order valence-electron chi connectivity index (χ1n) is 10.3. The molecule has 0 aliphatic carbocycles. The molecule has 2 amide bonds. The number of anilines is 1. The van der Waals surface area contributed by atoms with Gasteiger partial charge in [0, 0.05) is 41.1 Å². The predicted octanol–water partition coefficient (Wildman–Crippen LogP) is 5.44. The van der Waals surface area contributed by atoms with Gasteiger partial charge in [-0.15, -0.1) is 11.3 Å². The van der Waals surface area contributed by atoms with E-state index in [9.17, 15) is 9.59 Å². The largest absolute Gasteiger partial charge is 0.356 e. The van der Waals surface area contributed by atoms with Gasteiger partial charge in [0.2, 0.25) is 5.91 Å². The van der Waals surface area contributed by atoms with E-state index in [2.05, 4.69) is 20.8 Å². The van der Waals surface area contributed by atoms with Crippen molar-refractivity contribution < 1.29 is 14.1 Å². The Balaban J connectivity index is 1.36. The van der Waals surface area contributed by atoms with Gasteiger partial charge < -0.3 is 9.84 Å². The SMILES string of the molecule is CC(=O)NCCCc1ccc(-c2csc(NC(=O)c3cc(-c4cccc(Cl)c4)on3)n2)cc1. The van der Waals surface area contributed by atoms with Crippen molar-refractivity contribution in [3.05, 3.63) is 76.3 Å². The van der Waals surface area contributed by atoms with Crippen LogP contribution in [-0.4, -0.2) is 28.5 Å². The molecule has 33 heavy (non-hydrogen) atoms. The van der Waals surface area contributed by atoms with Gasteiger partial charge in [-0.3, -0.25) is 14.9 Å². The van der Waals surface area contributed by atoms with E-state index in [1.165, 1.54) is 23.8 Å². The lowest BCUT2D eigenvalue weighted by molar-refractivity contribution is -0.118. The molecule has 2 aromatic carbocycles. The lowest BCUT2D eigenvalue weighted by atomic mass is 10.1. The topological polar surface area (TPSA) is 97.1 Å². The number of carbonyl (C=O) groups is 2. The summed E-state index contributed by atoms with van der Waals surface area (Å²) in [4.78, 5) is 28.0. The number of benzene rings is 2. The maximum Gasteiger partial charge on any atom is 0.279 e. The minimum atomic E-state index is -0.401. The molecule has 0 bridgehead atoms. The third kappa shape index (κ3) is 6.06. The molecule has 0 saturated carbocycles. The van der Waals surface area contributed by atoms with Crippen LogP contribution in [0.1, 0.15) is 29.4 Å². The molecule has 0 saturated heterocycles. The van der Waals surface area contributed by atoms with E-state index in [0.29, 0.717) is 22.5 Å². The van der Waals surface area contributed by atoms with Gasteiger partial charge in [-0.2, -0.15) is 0 Å². The summed E-state index contributed by atoms with van der Waals surface area (Å²) < 4.78 is 5.29. The zero-order chi connectivity index (χ0) is 23.2. The zero-order valence-electron chi connectivity index (χ0n) is 17.8. The average molecular weight is 481 g/mol. The molecule has 4 aromatic rings. The Morgan fingerprint density at radius 1 is 1.09 bits per heavy atom. The van der Waals surface area contributed by atoms with Crippen LogP contribution in [0.3, 0.4) is 0 Å². The monoisotopic (exact) mass is 480 g/mol. The zero-order valence-corrected chi connectivity index (χ0v) is 19.4. The average Bonchev–Trinajstić information content (AvgIpc) is 3.47. The van der Waals surface area contributed by atoms with Gasteiger partial charge in [0.25, 0.3) is 5.91 Å². The summed E-state index contributed by atoms with van der Waals surface area (Å²) in [6.07, 6.45) is 1.76. The number of amides is 2. The van der Waals surface area contributed by atoms with E-state index >= 15 is 0 Å². The lowest BCUT2D eigenvalue weighted by Crippen LogP contribution is -2.21. The second-order valence-electron chi connectivity index (χ2n) is 7.36. The molecule has 0 spiro atoms. The Labute approximate surface area is 199 Å². The molecule has 0 aliphatic rings. The van der Waals surface area contributed by atoms with E-state index in [1.807, 2.05) is 35.7 Å². The Morgan fingerprint density at radius 2 is 1.91 bits per heavy atom. The lowest BCUT2D eigenvalue weighted by Gasteiger charge is -2.04. The number of aromatic nitrogens is 2. The highest BCUT2D eigenvalue weighted by molar-refractivity contribution is 7.14. The van der Waals surface area contributed by atoms with Crippen LogP contribution in [0.2, 0.25) is 5.02 Å². The Kier molecular flexibility index (Phi) is 7.16. The first-order valence-corrected chi connectivity index (χ1v) is 11.6. The van der Waals surface area contributed by atoms with E-state index in [-0.39, 0.29) is 11.6 Å². The van der Waals surface area contributed by atoms with Crippen LogP contribution >= 0.6 is 22.9 Å². The van der Waals surface area contributed by atoms with Crippen LogP contribution in [0.5, 0.6) is 0 Å². The molecule has 0 unspecified atom stereocenters. The molecule has 2 N–H and O–H groups in total. The minimum absolute atomic E-state index is 0.0122. The van der Waals surface area contributed by atoms with Crippen LogP contribution in [0.4, 0.5) is 5.13 Å². The van der Waals surface area contributed by atoms with E-state index in [1.54, 1.807) is 24.3 Å². The summed E-state index contributed by atoms with van der Waals surface area (Å²) >= 11 is 7.35. The second kappa shape index (κ2) is 10.4. The van der Waals surface area contributed by atoms with Crippen molar-refractivity contribution in [1.29, 1.82) is 0 Å². The molecule has 9 heteroatoms. The van der Waals surface area contributed by atoms with Crippen LogP contribution in [0, 0.1) is 0 Å². The van der Waals surface area contributed by atoms with Crippen molar-refractivity contribution in [2.24, 2.45) is 0 Å². The maximum atomic E-state index is 12.6. The molecule has 2 heterocycles. The summed E-state index contributed by atoms with van der Waals surface area (Å²) in [7, 11) is 0. The fourth-order valence-corrected chi connectivity index (χ4v) is 4.09. The number of aryl methyl sites for hydroxylation is 1. The third-order valence-electron chi connectivity index (χ3n) is 4.84. The molecule has 0 aliphatic heterocycles. The molecular weight excluding hydrogens is 460 g/mol. The highest BCUT2D eigenvalue weighted by atomic mass is 35.5. The predicted molar refractivity (Wildman–Crippen MR) is 129 cm³/mol. The number of thiazole rings is 1. The van der Waals surface area contributed by atoms with Crippen molar-refractivity contribution in [1.82, 2.24) is 15.5 Å². The van der Waals surface area contributed by atoms with Crippen molar-refractivity contribution in [2.75, 3.05) is 11.9 Å². The third-order valence-corrected chi connectivity index (χ3v) is 5.84. The number of halogens is 1. The second-order valence-corrected chi connectivity index (χ2v) is 8.66. The molecule has 0 atom stereocenters. The smallest absolute Gasteiger partial charge is 0.279 e. The Bertz CT molecular complexity index is 1270. The molecule has 0 fully saturated rings. The Morgan fingerprint density at radius 3 is 2.67 bits per heavy atom. The van der Waals surface area contributed by atoms with Gasteiger partial charge in [-0.25, -0.2) is 4.98 Å². The number of hydrogen-bond donors (Lipinski definition) is 2. The fourth-order valence-electron chi connectivity index (χ4n) is 3.18. The molecular formula is C24H21ClN4O3S. The number of hydrogen-bond acceptors (Lipinski definition) is 6. The normalized spacial score (nSPS) is 10.7. The summed E-state index contributed by atoms with van der Waals surface area (Å²) in [5.41, 5.74) is 3.82.